The van der Waals surface area contributed by atoms with Crippen molar-refractivity contribution in [2.45, 2.75) is 38.8 Å². The fraction of sp³-hybridized carbons (Fsp3) is 0.500. The van der Waals surface area contributed by atoms with E-state index >= 15 is 0 Å². The number of ether oxygens (including phenoxy) is 1. The Labute approximate surface area is 130 Å². The molecule has 2 atom stereocenters. The highest BCUT2D eigenvalue weighted by Crippen LogP contribution is 2.21. The molecule has 0 spiro atoms. The largest absolute Gasteiger partial charge is 0.491 e. The van der Waals surface area contributed by atoms with E-state index in [1.165, 1.54) is 0 Å². The van der Waals surface area contributed by atoms with Gasteiger partial charge in [0.2, 0.25) is 0 Å². The number of rotatable bonds is 6. The summed E-state index contributed by atoms with van der Waals surface area (Å²) >= 11 is 0. The number of imide groups is 1. The molecule has 22 heavy (non-hydrogen) atoms. The van der Waals surface area contributed by atoms with Crippen LogP contribution in [0.1, 0.15) is 25.8 Å². The van der Waals surface area contributed by atoms with Gasteiger partial charge in [0.15, 0.2) is 0 Å². The van der Waals surface area contributed by atoms with Crippen LogP contribution in [-0.2, 0) is 4.79 Å². The minimum atomic E-state index is -0.936. The summed E-state index contributed by atoms with van der Waals surface area (Å²) in [7, 11) is 0. The van der Waals surface area contributed by atoms with Crippen molar-refractivity contribution in [3.63, 3.8) is 0 Å². The zero-order valence-electron chi connectivity index (χ0n) is 13.1. The maximum Gasteiger partial charge on any atom is 0.325 e. The van der Waals surface area contributed by atoms with Crippen LogP contribution in [0.15, 0.2) is 24.3 Å². The molecule has 1 fully saturated rings. The van der Waals surface area contributed by atoms with Gasteiger partial charge < -0.3 is 15.2 Å². The maximum atomic E-state index is 12.2. The molecule has 1 aliphatic rings. The summed E-state index contributed by atoms with van der Waals surface area (Å²) in [6.45, 7) is 5.40. The maximum absolute atomic E-state index is 12.2. The Morgan fingerprint density at radius 2 is 2.14 bits per heavy atom. The van der Waals surface area contributed by atoms with E-state index < -0.39 is 17.7 Å². The van der Waals surface area contributed by atoms with Crippen molar-refractivity contribution >= 4 is 11.9 Å². The summed E-state index contributed by atoms with van der Waals surface area (Å²) < 4.78 is 5.49. The van der Waals surface area contributed by atoms with E-state index in [2.05, 4.69) is 5.32 Å². The van der Waals surface area contributed by atoms with Crippen LogP contribution < -0.4 is 10.1 Å². The van der Waals surface area contributed by atoms with Gasteiger partial charge in [0.05, 0.1) is 6.54 Å². The van der Waals surface area contributed by atoms with Crippen molar-refractivity contribution in [1.82, 2.24) is 10.2 Å². The summed E-state index contributed by atoms with van der Waals surface area (Å²) in [5.41, 5.74) is 0.175. The molecule has 0 saturated carbocycles. The molecule has 1 aromatic rings. The molecule has 3 amide bonds. The molecule has 6 heteroatoms. The van der Waals surface area contributed by atoms with Gasteiger partial charge in [-0.15, -0.1) is 0 Å². The van der Waals surface area contributed by atoms with E-state index in [1.54, 1.807) is 13.0 Å². The lowest BCUT2D eigenvalue weighted by atomic mass is 9.99. The van der Waals surface area contributed by atoms with Crippen molar-refractivity contribution in [2.75, 3.05) is 13.2 Å². The van der Waals surface area contributed by atoms with E-state index in [1.807, 2.05) is 32.0 Å². The number of carbonyl (C=O) groups excluding carboxylic acids is 2. The monoisotopic (exact) mass is 306 g/mol. The van der Waals surface area contributed by atoms with Crippen LogP contribution in [0.5, 0.6) is 5.75 Å². The lowest BCUT2D eigenvalue weighted by molar-refractivity contribution is -0.132. The van der Waals surface area contributed by atoms with Gasteiger partial charge in [-0.05, 0) is 38.0 Å². The Morgan fingerprint density at radius 3 is 2.73 bits per heavy atom. The number of carbonyl (C=O) groups is 2. The number of benzene rings is 1. The smallest absolute Gasteiger partial charge is 0.325 e. The quantitative estimate of drug-likeness (QED) is 0.780. The Kier molecular flexibility index (Phi) is 4.71. The molecule has 1 heterocycles. The van der Waals surface area contributed by atoms with Crippen molar-refractivity contribution < 1.29 is 19.4 Å². The average Bonchev–Trinajstić information content (AvgIpc) is 2.69. The first-order chi connectivity index (χ1) is 10.4. The fourth-order valence-electron chi connectivity index (χ4n) is 2.31. The van der Waals surface area contributed by atoms with Gasteiger partial charge in [-0.2, -0.15) is 0 Å². The second kappa shape index (κ2) is 6.36. The summed E-state index contributed by atoms with van der Waals surface area (Å²) in [4.78, 5) is 25.1. The number of amides is 3. The van der Waals surface area contributed by atoms with E-state index in [-0.39, 0.29) is 19.1 Å². The van der Waals surface area contributed by atoms with Gasteiger partial charge in [0.25, 0.3) is 5.91 Å². The molecular weight excluding hydrogens is 284 g/mol. The highest BCUT2D eigenvalue weighted by molar-refractivity contribution is 6.06. The molecule has 2 rings (SSSR count). The van der Waals surface area contributed by atoms with Crippen molar-refractivity contribution in [3.8, 4) is 5.75 Å². The standard InChI is InChI=1S/C16H22N2O4/c1-4-16(3)14(20)18(15(21)17-16)9-12(19)10-22-13-7-5-6-11(2)8-13/h5-8,12,19H,4,9-10H2,1-3H3,(H,17,21). The Bertz CT molecular complexity index is 575. The number of nitrogens with one attached hydrogen (secondary N) is 1. The Morgan fingerprint density at radius 1 is 1.41 bits per heavy atom. The van der Waals surface area contributed by atoms with Gasteiger partial charge in [-0.3, -0.25) is 9.69 Å². The average molecular weight is 306 g/mol. The van der Waals surface area contributed by atoms with Gasteiger partial charge >= 0.3 is 6.03 Å². The molecule has 120 valence electrons. The lowest BCUT2D eigenvalue weighted by Crippen LogP contribution is -2.44. The van der Waals surface area contributed by atoms with E-state index in [9.17, 15) is 14.7 Å². The van der Waals surface area contributed by atoms with Crippen molar-refractivity contribution in [3.05, 3.63) is 29.8 Å². The van der Waals surface area contributed by atoms with Crippen LogP contribution in [0.3, 0.4) is 0 Å². The predicted molar refractivity (Wildman–Crippen MR) is 81.6 cm³/mol. The third-order valence-electron chi connectivity index (χ3n) is 3.88. The number of hydrogen-bond acceptors (Lipinski definition) is 4. The second-order valence-corrected chi connectivity index (χ2v) is 5.81. The molecule has 0 aromatic heterocycles. The number of hydrogen-bond donors (Lipinski definition) is 2. The highest BCUT2D eigenvalue weighted by atomic mass is 16.5. The first-order valence-corrected chi connectivity index (χ1v) is 7.37. The second-order valence-electron chi connectivity index (χ2n) is 5.81. The van der Waals surface area contributed by atoms with Gasteiger partial charge in [0, 0.05) is 0 Å². The van der Waals surface area contributed by atoms with Crippen LogP contribution in [0.25, 0.3) is 0 Å². The number of urea groups is 1. The minimum Gasteiger partial charge on any atom is -0.491 e. The first-order valence-electron chi connectivity index (χ1n) is 7.37. The van der Waals surface area contributed by atoms with Gasteiger partial charge in [-0.1, -0.05) is 19.1 Å². The minimum absolute atomic E-state index is 0.0172. The molecule has 0 bridgehead atoms. The van der Waals surface area contributed by atoms with Crippen LogP contribution >= 0.6 is 0 Å². The molecule has 1 aliphatic heterocycles. The summed E-state index contributed by atoms with van der Waals surface area (Å²) in [5, 5.41) is 12.7. The van der Waals surface area contributed by atoms with Crippen LogP contribution in [-0.4, -0.2) is 46.7 Å². The molecular formula is C16H22N2O4. The zero-order chi connectivity index (χ0) is 16.3. The molecule has 1 saturated heterocycles. The Hall–Kier alpha value is -2.08. The van der Waals surface area contributed by atoms with E-state index in [0.29, 0.717) is 12.2 Å². The third kappa shape index (κ3) is 3.39. The van der Waals surface area contributed by atoms with Crippen LogP contribution in [0.4, 0.5) is 4.79 Å². The summed E-state index contributed by atoms with van der Waals surface area (Å²) in [6, 6.07) is 6.99. The van der Waals surface area contributed by atoms with Crippen molar-refractivity contribution in [1.29, 1.82) is 0 Å². The molecule has 0 aliphatic carbocycles. The molecule has 0 radical (unpaired) electrons. The number of aryl methyl sites for hydroxylation is 1. The van der Waals surface area contributed by atoms with Crippen LogP contribution in [0.2, 0.25) is 0 Å². The molecule has 6 nitrogen and oxygen atoms in total. The van der Waals surface area contributed by atoms with Gasteiger partial charge in [-0.25, -0.2) is 4.79 Å². The number of aliphatic hydroxyl groups is 1. The topological polar surface area (TPSA) is 78.9 Å². The SMILES string of the molecule is CCC1(C)NC(=O)N(CC(O)COc2cccc(C)c2)C1=O. The van der Waals surface area contributed by atoms with Crippen LogP contribution in [0, 0.1) is 6.92 Å². The number of β-amino-alcohol motifs (C(OH)–C–C–N with tert-alkyl or cyclic N) is 1. The van der Waals surface area contributed by atoms with E-state index in [0.717, 1.165) is 10.5 Å². The first kappa shape index (κ1) is 16.3. The zero-order valence-corrected chi connectivity index (χ0v) is 13.1. The number of nitrogens with zero attached hydrogens (tertiary/aromatic N) is 1. The van der Waals surface area contributed by atoms with Crippen molar-refractivity contribution in [2.24, 2.45) is 0 Å². The summed E-state index contributed by atoms with van der Waals surface area (Å²) in [6.07, 6.45) is -0.432. The van der Waals surface area contributed by atoms with E-state index in [4.69, 9.17) is 4.74 Å². The van der Waals surface area contributed by atoms with Gasteiger partial charge in [0.1, 0.15) is 24.0 Å². The Balaban J connectivity index is 1.91. The molecule has 2 unspecified atom stereocenters. The molecule has 1 aromatic carbocycles. The molecule has 2 N–H and O–H groups in total. The highest BCUT2D eigenvalue weighted by Gasteiger charge is 2.46. The normalized spacial score (nSPS) is 22.6. The lowest BCUT2D eigenvalue weighted by Gasteiger charge is -2.21. The predicted octanol–water partition coefficient (Wildman–Crippen LogP) is 1.46. The fourth-order valence-corrected chi connectivity index (χ4v) is 2.31. The third-order valence-corrected chi connectivity index (χ3v) is 3.88. The summed E-state index contributed by atoms with van der Waals surface area (Å²) in [5.74, 6) is 0.337. The number of aliphatic hydroxyl groups excluding tert-OH is 1.